The second-order valence-corrected chi connectivity index (χ2v) is 4.95. The third-order valence-corrected chi connectivity index (χ3v) is 3.53. The maximum Gasteiger partial charge on any atom is 0.165 e. The van der Waals surface area contributed by atoms with E-state index in [0.29, 0.717) is 13.2 Å². The first-order valence-corrected chi connectivity index (χ1v) is 6.85. The van der Waals surface area contributed by atoms with E-state index in [0.717, 1.165) is 24.8 Å². The van der Waals surface area contributed by atoms with Crippen molar-refractivity contribution in [2.45, 2.75) is 45.2 Å². The largest absolute Gasteiger partial charge is 0.383 e. The lowest BCUT2D eigenvalue weighted by Crippen LogP contribution is -2.23. The minimum atomic E-state index is 0.711. The van der Waals surface area contributed by atoms with Crippen molar-refractivity contribution in [2.75, 3.05) is 20.3 Å². The van der Waals surface area contributed by atoms with E-state index >= 15 is 0 Å². The van der Waals surface area contributed by atoms with Gasteiger partial charge in [0.05, 0.1) is 13.2 Å². The highest BCUT2D eigenvalue weighted by Crippen LogP contribution is 2.24. The standard InChI is InChI=1S/C12H23N5O/c1-18-8-7-13-9-12-14-15-16-17(12)10-11-5-3-2-4-6-11/h11,13H,2-10H2,1H3. The fourth-order valence-electron chi connectivity index (χ4n) is 2.48. The van der Waals surface area contributed by atoms with Crippen molar-refractivity contribution in [2.24, 2.45) is 5.92 Å². The molecule has 1 N–H and O–H groups in total. The van der Waals surface area contributed by atoms with E-state index in [9.17, 15) is 0 Å². The highest BCUT2D eigenvalue weighted by Gasteiger charge is 2.16. The average Bonchev–Trinajstić information content (AvgIpc) is 2.83. The molecule has 1 fully saturated rings. The molecule has 18 heavy (non-hydrogen) atoms. The molecule has 6 heteroatoms. The van der Waals surface area contributed by atoms with Crippen molar-refractivity contribution in [3.63, 3.8) is 0 Å². The first-order chi connectivity index (χ1) is 8.90. The van der Waals surface area contributed by atoms with Crippen molar-refractivity contribution in [3.05, 3.63) is 5.82 Å². The monoisotopic (exact) mass is 253 g/mol. The number of aromatic nitrogens is 4. The predicted octanol–water partition coefficient (Wildman–Crippen LogP) is 0.989. The van der Waals surface area contributed by atoms with Crippen molar-refractivity contribution in [1.82, 2.24) is 25.5 Å². The van der Waals surface area contributed by atoms with E-state index < -0.39 is 0 Å². The van der Waals surface area contributed by atoms with Crippen LogP contribution >= 0.6 is 0 Å². The lowest BCUT2D eigenvalue weighted by Gasteiger charge is -2.21. The highest BCUT2D eigenvalue weighted by atomic mass is 16.5. The Bertz CT molecular complexity index is 335. The molecule has 102 valence electrons. The molecular formula is C12H23N5O. The smallest absolute Gasteiger partial charge is 0.165 e. The molecule has 1 aliphatic carbocycles. The normalized spacial score (nSPS) is 17.2. The van der Waals surface area contributed by atoms with E-state index in [1.807, 2.05) is 4.68 Å². The van der Waals surface area contributed by atoms with Crippen LogP contribution in [0.3, 0.4) is 0 Å². The average molecular weight is 253 g/mol. The fourth-order valence-corrected chi connectivity index (χ4v) is 2.48. The molecule has 0 amide bonds. The lowest BCUT2D eigenvalue weighted by molar-refractivity contribution is 0.198. The van der Waals surface area contributed by atoms with Gasteiger partial charge in [-0.1, -0.05) is 19.3 Å². The number of methoxy groups -OCH3 is 1. The number of hydrogen-bond donors (Lipinski definition) is 1. The zero-order valence-corrected chi connectivity index (χ0v) is 11.1. The molecule has 6 nitrogen and oxygen atoms in total. The van der Waals surface area contributed by atoms with Crippen LogP contribution in [0.2, 0.25) is 0 Å². The molecule has 0 aromatic carbocycles. The minimum absolute atomic E-state index is 0.711. The molecule has 2 rings (SSSR count). The second-order valence-electron chi connectivity index (χ2n) is 4.95. The molecule has 1 saturated carbocycles. The number of rotatable bonds is 7. The third-order valence-electron chi connectivity index (χ3n) is 3.53. The van der Waals surface area contributed by atoms with Gasteiger partial charge in [0.1, 0.15) is 0 Å². The van der Waals surface area contributed by atoms with Crippen molar-refractivity contribution in [3.8, 4) is 0 Å². The molecule has 1 aliphatic rings. The topological polar surface area (TPSA) is 64.9 Å². The Balaban J connectivity index is 1.79. The zero-order valence-electron chi connectivity index (χ0n) is 11.1. The summed E-state index contributed by atoms with van der Waals surface area (Å²) in [5.41, 5.74) is 0. The Morgan fingerprint density at radius 1 is 1.33 bits per heavy atom. The molecule has 1 aromatic rings. The van der Waals surface area contributed by atoms with Gasteiger partial charge in [-0.25, -0.2) is 4.68 Å². The molecule has 0 aliphatic heterocycles. The Morgan fingerprint density at radius 3 is 2.94 bits per heavy atom. The number of tetrazole rings is 1. The molecule has 0 bridgehead atoms. The summed E-state index contributed by atoms with van der Waals surface area (Å²) in [6.45, 7) is 3.22. The first-order valence-electron chi connectivity index (χ1n) is 6.85. The van der Waals surface area contributed by atoms with Crippen LogP contribution in [0, 0.1) is 5.92 Å². The van der Waals surface area contributed by atoms with Gasteiger partial charge in [0, 0.05) is 20.2 Å². The van der Waals surface area contributed by atoms with E-state index in [4.69, 9.17) is 4.74 Å². The van der Waals surface area contributed by atoms with Crippen LogP contribution in [-0.4, -0.2) is 40.5 Å². The van der Waals surface area contributed by atoms with Crippen LogP contribution in [-0.2, 0) is 17.8 Å². The summed E-state index contributed by atoms with van der Waals surface area (Å²) in [5.74, 6) is 1.68. The molecule has 0 saturated heterocycles. The number of ether oxygens (including phenoxy) is 1. The van der Waals surface area contributed by atoms with Crippen LogP contribution < -0.4 is 5.32 Å². The predicted molar refractivity (Wildman–Crippen MR) is 68.0 cm³/mol. The Labute approximate surface area is 108 Å². The summed E-state index contributed by atoms with van der Waals surface area (Å²) in [6, 6.07) is 0. The maximum absolute atomic E-state index is 4.99. The molecule has 0 spiro atoms. The van der Waals surface area contributed by atoms with Gasteiger partial charge in [-0.15, -0.1) is 5.10 Å². The minimum Gasteiger partial charge on any atom is -0.383 e. The quantitative estimate of drug-likeness (QED) is 0.734. The van der Waals surface area contributed by atoms with Gasteiger partial charge in [-0.2, -0.15) is 0 Å². The fraction of sp³-hybridized carbons (Fsp3) is 0.917. The molecule has 1 aromatic heterocycles. The Morgan fingerprint density at radius 2 is 2.17 bits per heavy atom. The van der Waals surface area contributed by atoms with Gasteiger partial charge in [-0.3, -0.25) is 0 Å². The van der Waals surface area contributed by atoms with Crippen LogP contribution in [0.25, 0.3) is 0 Å². The third kappa shape index (κ3) is 4.03. The van der Waals surface area contributed by atoms with Gasteiger partial charge in [-0.05, 0) is 29.2 Å². The van der Waals surface area contributed by atoms with Gasteiger partial charge >= 0.3 is 0 Å². The molecular weight excluding hydrogens is 230 g/mol. The molecule has 1 heterocycles. The van der Waals surface area contributed by atoms with Gasteiger partial charge in [0.15, 0.2) is 5.82 Å². The summed E-state index contributed by atoms with van der Waals surface area (Å²) >= 11 is 0. The van der Waals surface area contributed by atoms with E-state index in [1.54, 1.807) is 7.11 Å². The van der Waals surface area contributed by atoms with E-state index in [1.165, 1.54) is 32.1 Å². The molecule has 0 radical (unpaired) electrons. The van der Waals surface area contributed by atoms with Gasteiger partial charge < -0.3 is 10.1 Å². The first kappa shape index (κ1) is 13.4. The SMILES string of the molecule is COCCNCc1nnnn1CC1CCCCC1. The number of hydrogen-bond acceptors (Lipinski definition) is 5. The second kappa shape index (κ2) is 7.43. The summed E-state index contributed by atoms with van der Waals surface area (Å²) in [7, 11) is 1.70. The summed E-state index contributed by atoms with van der Waals surface area (Å²) in [5, 5.41) is 15.2. The summed E-state index contributed by atoms with van der Waals surface area (Å²) < 4.78 is 6.95. The van der Waals surface area contributed by atoms with E-state index in [2.05, 4.69) is 20.8 Å². The number of nitrogens with one attached hydrogen (secondary N) is 1. The van der Waals surface area contributed by atoms with Crippen LogP contribution in [0.1, 0.15) is 37.9 Å². The Hall–Kier alpha value is -1.01. The van der Waals surface area contributed by atoms with Crippen LogP contribution in [0.4, 0.5) is 0 Å². The van der Waals surface area contributed by atoms with Crippen LogP contribution in [0.5, 0.6) is 0 Å². The zero-order chi connectivity index (χ0) is 12.6. The molecule has 0 atom stereocenters. The van der Waals surface area contributed by atoms with Crippen molar-refractivity contribution in [1.29, 1.82) is 0 Å². The molecule has 0 unspecified atom stereocenters. The van der Waals surface area contributed by atoms with E-state index in [-0.39, 0.29) is 0 Å². The highest BCUT2D eigenvalue weighted by molar-refractivity contribution is 4.81. The summed E-state index contributed by atoms with van der Waals surface area (Å²) in [4.78, 5) is 0. The lowest BCUT2D eigenvalue weighted by atomic mass is 9.89. The Kier molecular flexibility index (Phi) is 5.54. The van der Waals surface area contributed by atoms with Gasteiger partial charge in [0.25, 0.3) is 0 Å². The maximum atomic E-state index is 4.99. The summed E-state index contributed by atoms with van der Waals surface area (Å²) in [6.07, 6.45) is 6.73. The number of nitrogens with zero attached hydrogens (tertiary/aromatic N) is 4. The van der Waals surface area contributed by atoms with Gasteiger partial charge in [0.2, 0.25) is 0 Å². The van der Waals surface area contributed by atoms with Crippen LogP contribution in [0.15, 0.2) is 0 Å². The van der Waals surface area contributed by atoms with Crippen molar-refractivity contribution < 1.29 is 4.74 Å². The van der Waals surface area contributed by atoms with Crippen molar-refractivity contribution >= 4 is 0 Å².